The minimum Gasteiger partial charge on any atom is -0.356 e. The Morgan fingerprint density at radius 1 is 1.04 bits per heavy atom. The van der Waals surface area contributed by atoms with E-state index in [4.69, 9.17) is 11.6 Å². The highest BCUT2D eigenvalue weighted by molar-refractivity contribution is 7.19. The van der Waals surface area contributed by atoms with Gasteiger partial charge in [-0.15, -0.1) is 11.3 Å². The molecule has 0 saturated carbocycles. The van der Waals surface area contributed by atoms with Gasteiger partial charge in [0.25, 0.3) is 0 Å². The quantitative estimate of drug-likeness (QED) is 0.590. The van der Waals surface area contributed by atoms with Crippen LogP contribution in [0.15, 0.2) is 30.3 Å². The topological polar surface area (TPSA) is 29.0 Å². The van der Waals surface area contributed by atoms with Crippen LogP contribution in [0.2, 0.25) is 5.28 Å². The van der Waals surface area contributed by atoms with Crippen molar-refractivity contribution in [3.8, 4) is 11.1 Å². The molecule has 0 aliphatic carbocycles. The number of hydrogen-bond acceptors (Lipinski definition) is 4. The lowest BCUT2D eigenvalue weighted by molar-refractivity contribution is 0.574. The molecule has 118 valence electrons. The van der Waals surface area contributed by atoms with E-state index in [1.165, 1.54) is 35.3 Å². The first-order valence-corrected chi connectivity index (χ1v) is 9.20. The second kappa shape index (κ2) is 6.10. The normalized spacial score (nSPS) is 15.3. The van der Waals surface area contributed by atoms with Crippen LogP contribution in [0, 0.1) is 6.92 Å². The molecular weight excluding hydrogens is 326 g/mol. The zero-order valence-corrected chi connectivity index (χ0v) is 14.6. The van der Waals surface area contributed by atoms with E-state index in [1.54, 1.807) is 11.3 Å². The molecule has 3 heterocycles. The Labute approximate surface area is 144 Å². The maximum atomic E-state index is 6.21. The number of hydrogen-bond donors (Lipinski definition) is 0. The Bertz CT molecular complexity index is 838. The molecule has 3 aromatic rings. The van der Waals surface area contributed by atoms with Crippen molar-refractivity contribution in [2.75, 3.05) is 18.0 Å². The predicted octanol–water partition coefficient (Wildman–Crippen LogP) is 5.31. The maximum absolute atomic E-state index is 6.21. The molecular formula is C18H18ClN3S. The van der Waals surface area contributed by atoms with Gasteiger partial charge in [-0.1, -0.05) is 30.3 Å². The summed E-state index contributed by atoms with van der Waals surface area (Å²) in [5, 5.41) is 1.50. The third kappa shape index (κ3) is 2.70. The largest absolute Gasteiger partial charge is 0.356 e. The molecule has 3 nitrogen and oxygen atoms in total. The van der Waals surface area contributed by atoms with Gasteiger partial charge in [0.1, 0.15) is 10.6 Å². The van der Waals surface area contributed by atoms with Crippen molar-refractivity contribution in [1.82, 2.24) is 9.97 Å². The zero-order valence-electron chi connectivity index (χ0n) is 13.1. The van der Waals surface area contributed by atoms with E-state index in [0.29, 0.717) is 5.28 Å². The maximum Gasteiger partial charge on any atom is 0.225 e. The number of fused-ring (bicyclic) bond motifs is 1. The van der Waals surface area contributed by atoms with Gasteiger partial charge in [0, 0.05) is 23.5 Å². The fourth-order valence-corrected chi connectivity index (χ4v) is 4.61. The minimum atomic E-state index is 0.346. The summed E-state index contributed by atoms with van der Waals surface area (Å²) in [6.45, 7) is 4.25. The molecule has 4 rings (SSSR count). The molecule has 0 unspecified atom stereocenters. The van der Waals surface area contributed by atoms with Gasteiger partial charge in [0.2, 0.25) is 5.28 Å². The molecule has 0 atom stereocenters. The summed E-state index contributed by atoms with van der Waals surface area (Å²) in [5.41, 5.74) is 2.48. The smallest absolute Gasteiger partial charge is 0.225 e. The number of thiophene rings is 1. The van der Waals surface area contributed by atoms with Crippen molar-refractivity contribution in [3.05, 3.63) is 40.5 Å². The lowest BCUT2D eigenvalue weighted by atomic mass is 10.0. The summed E-state index contributed by atoms with van der Waals surface area (Å²) in [4.78, 5) is 13.7. The van der Waals surface area contributed by atoms with Crippen molar-refractivity contribution in [2.24, 2.45) is 0 Å². The van der Waals surface area contributed by atoms with Crippen LogP contribution in [0.4, 0.5) is 5.82 Å². The van der Waals surface area contributed by atoms with Crippen LogP contribution in [0.3, 0.4) is 0 Å². The summed E-state index contributed by atoms with van der Waals surface area (Å²) >= 11 is 7.91. The van der Waals surface area contributed by atoms with Crippen LogP contribution in [0.1, 0.15) is 24.1 Å². The van der Waals surface area contributed by atoms with Gasteiger partial charge in [-0.25, -0.2) is 4.98 Å². The molecule has 0 bridgehead atoms. The molecule has 23 heavy (non-hydrogen) atoms. The first-order chi connectivity index (χ1) is 11.2. The summed E-state index contributed by atoms with van der Waals surface area (Å²) in [7, 11) is 0. The Morgan fingerprint density at radius 3 is 2.52 bits per heavy atom. The summed E-state index contributed by atoms with van der Waals surface area (Å²) in [5.74, 6) is 1.00. The van der Waals surface area contributed by atoms with Crippen LogP contribution in [-0.4, -0.2) is 23.1 Å². The third-order valence-corrected chi connectivity index (χ3v) is 5.57. The van der Waals surface area contributed by atoms with Crippen LogP contribution in [0.5, 0.6) is 0 Å². The molecule has 0 amide bonds. The highest BCUT2D eigenvalue weighted by Gasteiger charge is 2.22. The lowest BCUT2D eigenvalue weighted by Gasteiger charge is -2.28. The van der Waals surface area contributed by atoms with Crippen molar-refractivity contribution in [3.63, 3.8) is 0 Å². The molecule has 1 aliphatic heterocycles. The molecule has 1 aliphatic rings. The first-order valence-electron chi connectivity index (χ1n) is 8.01. The van der Waals surface area contributed by atoms with E-state index in [2.05, 4.69) is 46.1 Å². The molecule has 1 aromatic carbocycles. The van der Waals surface area contributed by atoms with Crippen molar-refractivity contribution >= 4 is 39.0 Å². The number of rotatable bonds is 2. The number of halogens is 1. The van der Waals surface area contributed by atoms with Crippen LogP contribution >= 0.6 is 22.9 Å². The van der Waals surface area contributed by atoms with E-state index in [1.807, 2.05) is 6.07 Å². The molecule has 5 heteroatoms. The Hall–Kier alpha value is -1.65. The number of aromatic nitrogens is 2. The monoisotopic (exact) mass is 343 g/mol. The predicted molar refractivity (Wildman–Crippen MR) is 98.7 cm³/mol. The Balaban J connectivity index is 1.98. The number of piperidine rings is 1. The van der Waals surface area contributed by atoms with E-state index in [-0.39, 0.29) is 0 Å². The van der Waals surface area contributed by atoms with Gasteiger partial charge in [0.05, 0.1) is 5.39 Å². The third-order valence-electron chi connectivity index (χ3n) is 4.40. The fraction of sp³-hybridized carbons (Fsp3) is 0.333. The average Bonchev–Trinajstić information content (AvgIpc) is 2.91. The second-order valence-corrected chi connectivity index (χ2v) is 7.48. The molecule has 1 fully saturated rings. The van der Waals surface area contributed by atoms with E-state index in [0.717, 1.165) is 29.1 Å². The minimum absolute atomic E-state index is 0.346. The number of benzene rings is 1. The highest BCUT2D eigenvalue weighted by atomic mass is 35.5. The van der Waals surface area contributed by atoms with Gasteiger partial charge < -0.3 is 4.90 Å². The average molecular weight is 344 g/mol. The summed E-state index contributed by atoms with van der Waals surface area (Å²) in [6, 6.07) is 10.5. The molecule has 2 aromatic heterocycles. The van der Waals surface area contributed by atoms with Gasteiger partial charge >= 0.3 is 0 Å². The first kappa shape index (κ1) is 14.9. The van der Waals surface area contributed by atoms with Crippen molar-refractivity contribution in [1.29, 1.82) is 0 Å². The fourth-order valence-electron chi connectivity index (χ4n) is 3.36. The van der Waals surface area contributed by atoms with Gasteiger partial charge in [-0.3, -0.25) is 0 Å². The Morgan fingerprint density at radius 2 is 1.78 bits per heavy atom. The van der Waals surface area contributed by atoms with Crippen molar-refractivity contribution in [2.45, 2.75) is 26.2 Å². The highest BCUT2D eigenvalue weighted by Crippen LogP contribution is 2.42. The zero-order chi connectivity index (χ0) is 15.8. The standard InChI is InChI=1S/C18H18ClN3S/c1-12-14(13-8-4-2-5-9-13)15-16(22-10-6-3-7-11-22)20-18(19)21-17(15)23-12/h2,4-5,8-9H,3,6-7,10-11H2,1H3. The van der Waals surface area contributed by atoms with Gasteiger partial charge in [-0.05, 0) is 43.4 Å². The van der Waals surface area contributed by atoms with E-state index in [9.17, 15) is 0 Å². The molecule has 1 saturated heterocycles. The summed E-state index contributed by atoms with van der Waals surface area (Å²) < 4.78 is 0. The lowest BCUT2D eigenvalue weighted by Crippen LogP contribution is -2.30. The Kier molecular flexibility index (Phi) is 3.95. The van der Waals surface area contributed by atoms with E-state index < -0.39 is 0 Å². The molecule has 0 spiro atoms. The molecule has 0 radical (unpaired) electrons. The summed E-state index contributed by atoms with van der Waals surface area (Å²) in [6.07, 6.45) is 3.73. The van der Waals surface area contributed by atoms with Gasteiger partial charge in [-0.2, -0.15) is 4.98 Å². The van der Waals surface area contributed by atoms with Crippen LogP contribution in [0.25, 0.3) is 21.3 Å². The molecule has 0 N–H and O–H groups in total. The van der Waals surface area contributed by atoms with Crippen molar-refractivity contribution < 1.29 is 0 Å². The number of anilines is 1. The number of aryl methyl sites for hydroxylation is 1. The SMILES string of the molecule is Cc1sc2nc(Cl)nc(N3CCCCC3)c2c1-c1ccccc1. The van der Waals surface area contributed by atoms with Gasteiger partial charge in [0.15, 0.2) is 0 Å². The van der Waals surface area contributed by atoms with Crippen LogP contribution < -0.4 is 4.90 Å². The van der Waals surface area contributed by atoms with E-state index >= 15 is 0 Å². The second-order valence-electron chi connectivity index (χ2n) is 5.94. The number of nitrogens with zero attached hydrogens (tertiary/aromatic N) is 3. The van der Waals surface area contributed by atoms with Crippen LogP contribution in [-0.2, 0) is 0 Å².